The molecule has 1 aliphatic heterocycles. The molecule has 1 unspecified atom stereocenters. The number of rotatable bonds is 3. The molecule has 0 bridgehead atoms. The second-order valence-corrected chi connectivity index (χ2v) is 5.83. The Morgan fingerprint density at radius 3 is 2.48 bits per heavy atom. The zero-order chi connectivity index (χ0) is 16.4. The van der Waals surface area contributed by atoms with Crippen molar-refractivity contribution in [2.75, 3.05) is 6.54 Å². The van der Waals surface area contributed by atoms with Crippen molar-refractivity contribution >= 4 is 11.9 Å². The van der Waals surface area contributed by atoms with Crippen LogP contribution in [0.5, 0.6) is 0 Å². The number of carboxylic acid groups (broad SMARTS) is 1. The standard InChI is InChI=1S/C18H18N2O3/c1-12-3-2-8-20(12)17(21)16-9-15(10-19-11-16)13-4-6-14(7-5-13)18(22)23/h4-7,9-12H,2-3,8H2,1H3,(H,22,23). The van der Waals surface area contributed by atoms with Gasteiger partial charge >= 0.3 is 5.97 Å². The van der Waals surface area contributed by atoms with Gasteiger partial charge in [0.1, 0.15) is 0 Å². The molecule has 0 aliphatic carbocycles. The van der Waals surface area contributed by atoms with Gasteiger partial charge in [0.05, 0.1) is 11.1 Å². The second-order valence-electron chi connectivity index (χ2n) is 5.83. The Labute approximate surface area is 134 Å². The third-order valence-corrected chi connectivity index (χ3v) is 4.26. The molecule has 0 radical (unpaired) electrons. The van der Waals surface area contributed by atoms with E-state index >= 15 is 0 Å². The number of pyridine rings is 1. The van der Waals surface area contributed by atoms with Crippen LogP contribution >= 0.6 is 0 Å². The molecule has 118 valence electrons. The van der Waals surface area contributed by atoms with Crippen LogP contribution in [0.4, 0.5) is 0 Å². The van der Waals surface area contributed by atoms with Crippen LogP contribution in [0.25, 0.3) is 11.1 Å². The van der Waals surface area contributed by atoms with Gasteiger partial charge in [0.25, 0.3) is 5.91 Å². The topological polar surface area (TPSA) is 70.5 Å². The molecule has 0 spiro atoms. The number of aromatic carboxylic acids is 1. The van der Waals surface area contributed by atoms with Crippen LogP contribution in [0.1, 0.15) is 40.5 Å². The highest BCUT2D eigenvalue weighted by Crippen LogP contribution is 2.23. The van der Waals surface area contributed by atoms with Gasteiger partial charge in [0.2, 0.25) is 0 Å². The smallest absolute Gasteiger partial charge is 0.335 e. The van der Waals surface area contributed by atoms with E-state index in [1.165, 1.54) is 0 Å². The van der Waals surface area contributed by atoms with Gasteiger partial charge in [-0.25, -0.2) is 4.79 Å². The Morgan fingerprint density at radius 2 is 1.87 bits per heavy atom. The fourth-order valence-corrected chi connectivity index (χ4v) is 2.92. The lowest BCUT2D eigenvalue weighted by atomic mass is 10.0. The maximum absolute atomic E-state index is 12.6. The number of amides is 1. The van der Waals surface area contributed by atoms with Crippen LogP contribution in [-0.2, 0) is 0 Å². The Morgan fingerprint density at radius 1 is 1.13 bits per heavy atom. The molecule has 3 rings (SSSR count). The van der Waals surface area contributed by atoms with Gasteiger partial charge in [-0.05, 0) is 43.5 Å². The van der Waals surface area contributed by atoms with Crippen LogP contribution in [0.3, 0.4) is 0 Å². The van der Waals surface area contributed by atoms with Crippen LogP contribution in [0.2, 0.25) is 0 Å². The predicted octanol–water partition coefficient (Wildman–Crippen LogP) is 3.07. The lowest BCUT2D eigenvalue weighted by Crippen LogP contribution is -2.33. The number of nitrogens with zero attached hydrogens (tertiary/aromatic N) is 2. The minimum Gasteiger partial charge on any atom is -0.478 e. The van der Waals surface area contributed by atoms with Crippen LogP contribution in [0, 0.1) is 0 Å². The highest BCUT2D eigenvalue weighted by molar-refractivity contribution is 5.95. The van der Waals surface area contributed by atoms with Crippen LogP contribution in [-0.4, -0.2) is 39.5 Å². The number of carbonyl (C=O) groups is 2. The molecular weight excluding hydrogens is 292 g/mol. The molecule has 1 fully saturated rings. The summed E-state index contributed by atoms with van der Waals surface area (Å²) in [6.45, 7) is 2.85. The van der Waals surface area contributed by atoms with Gasteiger partial charge in [0, 0.05) is 30.5 Å². The molecule has 2 aromatic rings. The van der Waals surface area contributed by atoms with Crippen LogP contribution < -0.4 is 0 Å². The molecule has 1 saturated heterocycles. The quantitative estimate of drug-likeness (QED) is 0.946. The lowest BCUT2D eigenvalue weighted by Gasteiger charge is -2.21. The molecule has 1 amide bonds. The summed E-state index contributed by atoms with van der Waals surface area (Å²) in [6.07, 6.45) is 5.34. The molecule has 1 aromatic heterocycles. The molecule has 1 N–H and O–H groups in total. The van der Waals surface area contributed by atoms with E-state index in [1.807, 2.05) is 11.0 Å². The molecule has 1 atom stereocenters. The maximum atomic E-state index is 12.6. The Balaban J connectivity index is 1.87. The number of carboxylic acids is 1. The Bertz CT molecular complexity index is 740. The summed E-state index contributed by atoms with van der Waals surface area (Å²) in [7, 11) is 0. The van der Waals surface area contributed by atoms with Gasteiger partial charge in [-0.1, -0.05) is 12.1 Å². The number of benzene rings is 1. The SMILES string of the molecule is CC1CCCN1C(=O)c1cncc(-c2ccc(C(=O)O)cc2)c1. The maximum Gasteiger partial charge on any atom is 0.335 e. The van der Waals surface area contributed by atoms with E-state index in [1.54, 1.807) is 36.7 Å². The van der Waals surface area contributed by atoms with Crippen LogP contribution in [0.15, 0.2) is 42.7 Å². The first-order valence-corrected chi connectivity index (χ1v) is 7.66. The molecule has 5 nitrogen and oxygen atoms in total. The first-order valence-electron chi connectivity index (χ1n) is 7.66. The normalized spacial score (nSPS) is 17.3. The number of hydrogen-bond acceptors (Lipinski definition) is 3. The van der Waals surface area contributed by atoms with E-state index < -0.39 is 5.97 Å². The molecule has 1 aliphatic rings. The molecule has 23 heavy (non-hydrogen) atoms. The zero-order valence-electron chi connectivity index (χ0n) is 12.9. The minimum atomic E-state index is -0.957. The van der Waals surface area contributed by atoms with E-state index in [2.05, 4.69) is 11.9 Å². The Hall–Kier alpha value is -2.69. The van der Waals surface area contributed by atoms with Crippen molar-refractivity contribution in [1.29, 1.82) is 0 Å². The molecule has 2 heterocycles. The number of hydrogen-bond donors (Lipinski definition) is 1. The minimum absolute atomic E-state index is 0.00602. The first kappa shape index (κ1) is 15.2. The molecule has 0 saturated carbocycles. The molecule has 5 heteroatoms. The van der Waals surface area contributed by atoms with Gasteiger partial charge in [-0.3, -0.25) is 9.78 Å². The molecular formula is C18H18N2O3. The number of aromatic nitrogens is 1. The van der Waals surface area contributed by atoms with E-state index in [0.29, 0.717) is 5.56 Å². The molecule has 1 aromatic carbocycles. The zero-order valence-corrected chi connectivity index (χ0v) is 12.9. The fourth-order valence-electron chi connectivity index (χ4n) is 2.92. The van der Waals surface area contributed by atoms with E-state index in [-0.39, 0.29) is 17.5 Å². The van der Waals surface area contributed by atoms with Gasteiger partial charge in [-0.2, -0.15) is 0 Å². The average molecular weight is 310 g/mol. The summed E-state index contributed by atoms with van der Waals surface area (Å²) in [6, 6.07) is 8.64. The van der Waals surface area contributed by atoms with Crippen molar-refractivity contribution in [3.05, 3.63) is 53.9 Å². The lowest BCUT2D eigenvalue weighted by molar-refractivity contribution is 0.0695. The largest absolute Gasteiger partial charge is 0.478 e. The number of carbonyl (C=O) groups excluding carboxylic acids is 1. The third-order valence-electron chi connectivity index (χ3n) is 4.26. The predicted molar refractivity (Wildman–Crippen MR) is 86.4 cm³/mol. The summed E-state index contributed by atoms with van der Waals surface area (Å²) in [5.41, 5.74) is 2.45. The van der Waals surface area contributed by atoms with Crippen molar-refractivity contribution in [2.45, 2.75) is 25.8 Å². The van der Waals surface area contributed by atoms with Gasteiger partial charge in [0.15, 0.2) is 0 Å². The average Bonchev–Trinajstić information content (AvgIpc) is 3.00. The highest BCUT2D eigenvalue weighted by Gasteiger charge is 2.26. The van der Waals surface area contributed by atoms with E-state index in [4.69, 9.17) is 5.11 Å². The highest BCUT2D eigenvalue weighted by atomic mass is 16.4. The summed E-state index contributed by atoms with van der Waals surface area (Å²) in [4.78, 5) is 29.6. The van der Waals surface area contributed by atoms with Crippen molar-refractivity contribution in [3.8, 4) is 11.1 Å². The Kier molecular flexibility index (Phi) is 4.10. The van der Waals surface area contributed by atoms with Gasteiger partial charge in [-0.15, -0.1) is 0 Å². The summed E-state index contributed by atoms with van der Waals surface area (Å²) in [5.74, 6) is -0.951. The second kappa shape index (κ2) is 6.20. The van der Waals surface area contributed by atoms with E-state index in [0.717, 1.165) is 30.5 Å². The summed E-state index contributed by atoms with van der Waals surface area (Å²) in [5, 5.41) is 8.95. The van der Waals surface area contributed by atoms with E-state index in [9.17, 15) is 9.59 Å². The first-order chi connectivity index (χ1) is 11.1. The van der Waals surface area contributed by atoms with Crippen molar-refractivity contribution in [3.63, 3.8) is 0 Å². The monoisotopic (exact) mass is 310 g/mol. The summed E-state index contributed by atoms with van der Waals surface area (Å²) < 4.78 is 0. The van der Waals surface area contributed by atoms with Gasteiger partial charge < -0.3 is 10.0 Å². The van der Waals surface area contributed by atoms with Crippen molar-refractivity contribution in [1.82, 2.24) is 9.88 Å². The summed E-state index contributed by atoms with van der Waals surface area (Å²) >= 11 is 0. The number of likely N-dealkylation sites (tertiary alicyclic amines) is 1. The van der Waals surface area contributed by atoms with Crippen molar-refractivity contribution < 1.29 is 14.7 Å². The third kappa shape index (κ3) is 3.08. The van der Waals surface area contributed by atoms with Crippen molar-refractivity contribution in [2.24, 2.45) is 0 Å². The fraction of sp³-hybridized carbons (Fsp3) is 0.278.